The highest BCUT2D eigenvalue weighted by Gasteiger charge is 2.32. The lowest BCUT2D eigenvalue weighted by molar-refractivity contribution is -0.919. The molecule has 0 spiro atoms. The minimum Gasteiger partial charge on any atom is -0.342 e. The van der Waals surface area contributed by atoms with Gasteiger partial charge in [-0.15, -0.1) is 0 Å². The molecule has 2 aliphatic heterocycles. The Labute approximate surface area is 144 Å². The number of hydrogen-bond donors (Lipinski definition) is 1. The molecule has 2 saturated heterocycles. The maximum absolute atomic E-state index is 12.7. The van der Waals surface area contributed by atoms with Crippen LogP contribution in [-0.4, -0.2) is 37.0 Å². The van der Waals surface area contributed by atoms with Crippen LogP contribution in [0, 0.1) is 11.8 Å². The number of piperidine rings is 2. The van der Waals surface area contributed by atoms with E-state index in [2.05, 4.69) is 24.0 Å². The summed E-state index contributed by atoms with van der Waals surface area (Å²) in [5.41, 5.74) is 1.22. The van der Waals surface area contributed by atoms with Gasteiger partial charge in [0.15, 0.2) is 0 Å². The lowest BCUT2D eigenvalue weighted by Crippen LogP contribution is -3.11. The van der Waals surface area contributed by atoms with Crippen LogP contribution in [0.4, 0.5) is 0 Å². The minimum atomic E-state index is 0.246. The van der Waals surface area contributed by atoms with Gasteiger partial charge in [-0.3, -0.25) is 4.79 Å². The van der Waals surface area contributed by atoms with E-state index in [1.165, 1.54) is 18.4 Å². The number of carbonyl (C=O) groups excluding carboxylic acids is 1. The standard InChI is InChI=1S/C19H27ClN2O/c1-15-5-4-10-22(13-15)19(23)16-8-11-21(12-9-16)14-17-6-2-3-7-18(17)20/h2-3,6-7,15-16H,4-5,8-14H2,1H3/p+1/t15-/m1/s1. The topological polar surface area (TPSA) is 24.8 Å². The first kappa shape index (κ1) is 16.8. The Morgan fingerprint density at radius 3 is 2.70 bits per heavy atom. The van der Waals surface area contributed by atoms with Crippen molar-refractivity contribution in [2.75, 3.05) is 26.2 Å². The summed E-state index contributed by atoms with van der Waals surface area (Å²) in [5, 5.41) is 0.862. The summed E-state index contributed by atoms with van der Waals surface area (Å²) >= 11 is 6.26. The molecule has 23 heavy (non-hydrogen) atoms. The average molecular weight is 336 g/mol. The van der Waals surface area contributed by atoms with E-state index in [-0.39, 0.29) is 5.92 Å². The average Bonchev–Trinajstić information content (AvgIpc) is 2.57. The second-order valence-electron chi connectivity index (χ2n) is 7.32. The van der Waals surface area contributed by atoms with Gasteiger partial charge in [-0.25, -0.2) is 0 Å². The van der Waals surface area contributed by atoms with Gasteiger partial charge in [-0.2, -0.15) is 0 Å². The van der Waals surface area contributed by atoms with Gasteiger partial charge in [0.25, 0.3) is 0 Å². The van der Waals surface area contributed by atoms with Crippen LogP contribution in [0.2, 0.25) is 5.02 Å². The molecule has 2 aliphatic rings. The molecular weight excluding hydrogens is 308 g/mol. The predicted octanol–water partition coefficient (Wildman–Crippen LogP) is 2.39. The summed E-state index contributed by atoms with van der Waals surface area (Å²) in [7, 11) is 0. The predicted molar refractivity (Wildman–Crippen MR) is 93.6 cm³/mol. The van der Waals surface area contributed by atoms with Crippen molar-refractivity contribution in [3.05, 3.63) is 34.9 Å². The lowest BCUT2D eigenvalue weighted by atomic mass is 9.92. The van der Waals surface area contributed by atoms with Crippen molar-refractivity contribution in [1.82, 2.24) is 4.90 Å². The van der Waals surface area contributed by atoms with Crippen LogP contribution >= 0.6 is 11.6 Å². The molecule has 4 heteroatoms. The minimum absolute atomic E-state index is 0.246. The summed E-state index contributed by atoms with van der Waals surface area (Å²) < 4.78 is 0. The van der Waals surface area contributed by atoms with Gasteiger partial charge >= 0.3 is 0 Å². The molecule has 3 rings (SSSR count). The number of nitrogens with zero attached hydrogens (tertiary/aromatic N) is 1. The fourth-order valence-corrected chi connectivity index (χ4v) is 4.21. The van der Waals surface area contributed by atoms with Crippen LogP contribution in [0.5, 0.6) is 0 Å². The summed E-state index contributed by atoms with van der Waals surface area (Å²) in [4.78, 5) is 16.4. The fraction of sp³-hybridized carbons (Fsp3) is 0.632. The molecule has 0 bridgehead atoms. The van der Waals surface area contributed by atoms with Crippen molar-refractivity contribution < 1.29 is 9.69 Å². The Bertz CT molecular complexity index is 540. The molecule has 1 aromatic carbocycles. The molecular formula is C19H28ClN2O+. The number of amides is 1. The largest absolute Gasteiger partial charge is 0.342 e. The summed E-state index contributed by atoms with van der Waals surface area (Å²) in [5.74, 6) is 1.32. The van der Waals surface area contributed by atoms with E-state index in [1.54, 1.807) is 4.90 Å². The van der Waals surface area contributed by atoms with Gasteiger partial charge in [0.05, 0.1) is 13.1 Å². The molecule has 2 heterocycles. The second kappa shape index (κ2) is 7.67. The Morgan fingerprint density at radius 2 is 2.00 bits per heavy atom. The zero-order chi connectivity index (χ0) is 16.2. The Balaban J connectivity index is 1.50. The molecule has 1 aromatic rings. The van der Waals surface area contributed by atoms with Gasteiger partial charge in [-0.1, -0.05) is 36.7 Å². The van der Waals surface area contributed by atoms with Gasteiger partial charge in [-0.05, 0) is 24.8 Å². The molecule has 2 fully saturated rings. The number of carbonyl (C=O) groups is 1. The molecule has 1 amide bonds. The van der Waals surface area contributed by atoms with Crippen molar-refractivity contribution in [2.45, 2.75) is 39.2 Å². The highest BCUT2D eigenvalue weighted by Crippen LogP contribution is 2.21. The number of hydrogen-bond acceptors (Lipinski definition) is 1. The molecule has 126 valence electrons. The van der Waals surface area contributed by atoms with E-state index in [4.69, 9.17) is 11.6 Å². The highest BCUT2D eigenvalue weighted by molar-refractivity contribution is 6.31. The lowest BCUT2D eigenvalue weighted by Gasteiger charge is -2.36. The first-order valence-electron chi connectivity index (χ1n) is 8.99. The Hall–Kier alpha value is -1.06. The first-order valence-corrected chi connectivity index (χ1v) is 9.37. The van der Waals surface area contributed by atoms with E-state index in [0.29, 0.717) is 11.8 Å². The molecule has 3 nitrogen and oxygen atoms in total. The van der Waals surface area contributed by atoms with Crippen LogP contribution in [0.25, 0.3) is 0 Å². The molecule has 0 radical (unpaired) electrons. The van der Waals surface area contributed by atoms with Gasteiger partial charge in [0.2, 0.25) is 5.91 Å². The van der Waals surface area contributed by atoms with Crippen molar-refractivity contribution in [3.63, 3.8) is 0 Å². The molecule has 1 N–H and O–H groups in total. The molecule has 0 aliphatic carbocycles. The smallest absolute Gasteiger partial charge is 0.226 e. The van der Waals surface area contributed by atoms with Crippen LogP contribution in [0.1, 0.15) is 38.2 Å². The fourth-order valence-electron chi connectivity index (χ4n) is 4.01. The number of nitrogens with one attached hydrogen (secondary N) is 1. The normalized spacial score (nSPS) is 28.6. The van der Waals surface area contributed by atoms with Crippen molar-refractivity contribution in [2.24, 2.45) is 11.8 Å². The molecule has 1 atom stereocenters. The van der Waals surface area contributed by atoms with Crippen molar-refractivity contribution in [1.29, 1.82) is 0 Å². The number of rotatable bonds is 3. The monoisotopic (exact) mass is 335 g/mol. The number of likely N-dealkylation sites (tertiary alicyclic amines) is 2. The van der Waals surface area contributed by atoms with Crippen molar-refractivity contribution in [3.8, 4) is 0 Å². The number of benzene rings is 1. The first-order chi connectivity index (χ1) is 11.1. The second-order valence-corrected chi connectivity index (χ2v) is 7.73. The maximum Gasteiger partial charge on any atom is 0.226 e. The third-order valence-corrected chi connectivity index (χ3v) is 5.78. The van der Waals surface area contributed by atoms with Gasteiger partial charge in [0, 0.05) is 42.4 Å². The van der Waals surface area contributed by atoms with Crippen LogP contribution in [-0.2, 0) is 11.3 Å². The Kier molecular flexibility index (Phi) is 5.60. The van der Waals surface area contributed by atoms with Crippen LogP contribution < -0.4 is 4.90 Å². The zero-order valence-corrected chi connectivity index (χ0v) is 14.8. The molecule has 0 saturated carbocycles. The van der Waals surface area contributed by atoms with E-state index in [1.807, 2.05) is 12.1 Å². The van der Waals surface area contributed by atoms with E-state index >= 15 is 0 Å². The summed E-state index contributed by atoms with van der Waals surface area (Å²) in [6.07, 6.45) is 4.47. The maximum atomic E-state index is 12.7. The molecule has 0 unspecified atom stereocenters. The van der Waals surface area contributed by atoms with Crippen LogP contribution in [0.15, 0.2) is 24.3 Å². The summed E-state index contributed by atoms with van der Waals surface area (Å²) in [6, 6.07) is 8.10. The van der Waals surface area contributed by atoms with E-state index in [0.717, 1.165) is 50.6 Å². The zero-order valence-electron chi connectivity index (χ0n) is 14.1. The quantitative estimate of drug-likeness (QED) is 0.901. The third-order valence-electron chi connectivity index (χ3n) is 5.41. The van der Waals surface area contributed by atoms with E-state index in [9.17, 15) is 4.79 Å². The van der Waals surface area contributed by atoms with Gasteiger partial charge in [0.1, 0.15) is 6.54 Å². The summed E-state index contributed by atoms with van der Waals surface area (Å²) in [6.45, 7) is 7.31. The van der Waals surface area contributed by atoms with Crippen molar-refractivity contribution >= 4 is 17.5 Å². The third kappa shape index (κ3) is 4.27. The number of halogens is 1. The van der Waals surface area contributed by atoms with Gasteiger partial charge < -0.3 is 9.80 Å². The Morgan fingerprint density at radius 1 is 1.26 bits per heavy atom. The SMILES string of the molecule is C[C@@H]1CCCN(C(=O)C2CC[NH+](Cc3ccccc3Cl)CC2)C1. The number of quaternary nitrogens is 1. The van der Waals surface area contributed by atoms with E-state index < -0.39 is 0 Å². The highest BCUT2D eigenvalue weighted by atomic mass is 35.5. The molecule has 0 aromatic heterocycles. The van der Waals surface area contributed by atoms with Crippen LogP contribution in [0.3, 0.4) is 0 Å².